The van der Waals surface area contributed by atoms with Gasteiger partial charge in [0.1, 0.15) is 5.56 Å². The normalized spacial score (nSPS) is 18.2. The Morgan fingerprint density at radius 2 is 1.92 bits per heavy atom. The van der Waals surface area contributed by atoms with E-state index in [2.05, 4.69) is 17.2 Å². The molecule has 0 aliphatic carbocycles. The Bertz CT molecular complexity index is 988. The summed E-state index contributed by atoms with van der Waals surface area (Å²) >= 11 is 0. The van der Waals surface area contributed by atoms with Crippen molar-refractivity contribution in [3.05, 3.63) is 69.4 Å². The van der Waals surface area contributed by atoms with Gasteiger partial charge < -0.3 is 10.3 Å². The van der Waals surface area contributed by atoms with Crippen LogP contribution >= 0.6 is 0 Å². The molecule has 25 heavy (non-hydrogen) atoms. The maximum Gasteiger partial charge on any atom is 0.261 e. The average Bonchev–Trinajstić information content (AvgIpc) is 2.93. The molecule has 1 aliphatic rings. The van der Waals surface area contributed by atoms with Crippen LogP contribution in [0.5, 0.6) is 0 Å². The highest BCUT2D eigenvalue weighted by molar-refractivity contribution is 7.94. The number of hydrogen-bond acceptors (Lipinski definition) is 4. The van der Waals surface area contributed by atoms with Crippen molar-refractivity contribution in [1.29, 1.82) is 0 Å². The van der Waals surface area contributed by atoms with Crippen LogP contribution in [0.4, 0.5) is 0 Å². The number of carbonyl (C=O) groups excluding carboxylic acids is 1. The third-order valence-corrected chi connectivity index (χ3v) is 5.47. The molecular weight excluding hydrogens is 340 g/mol. The van der Waals surface area contributed by atoms with Crippen LogP contribution in [0.3, 0.4) is 0 Å². The zero-order valence-corrected chi connectivity index (χ0v) is 14.5. The molecule has 1 aromatic carbocycles. The Balaban J connectivity index is 1.78. The van der Waals surface area contributed by atoms with Crippen molar-refractivity contribution in [3.63, 3.8) is 0 Å². The molecule has 0 unspecified atom stereocenters. The number of amides is 1. The standard InChI is InChI=1S/C18H18N2O4S/c1-2-12-3-5-13(6-4-12)16-8-7-15(18(22)20-16)17(21)19-14-9-10-25(23,24)11-14/h3-10,14H,2,11H2,1H3,(H,19,21)(H,20,22)/t14-/m1/s1. The van der Waals surface area contributed by atoms with E-state index in [4.69, 9.17) is 0 Å². The number of sulfone groups is 1. The number of benzene rings is 1. The van der Waals surface area contributed by atoms with E-state index in [0.717, 1.165) is 17.4 Å². The number of carbonyl (C=O) groups is 1. The molecule has 0 saturated carbocycles. The monoisotopic (exact) mass is 358 g/mol. The lowest BCUT2D eigenvalue weighted by atomic mass is 10.1. The summed E-state index contributed by atoms with van der Waals surface area (Å²) in [5.41, 5.74) is 2.10. The fraction of sp³-hybridized carbons (Fsp3) is 0.222. The van der Waals surface area contributed by atoms with E-state index in [1.807, 2.05) is 24.3 Å². The lowest BCUT2D eigenvalue weighted by Gasteiger charge is -2.10. The highest BCUT2D eigenvalue weighted by Gasteiger charge is 2.24. The van der Waals surface area contributed by atoms with Crippen molar-refractivity contribution in [1.82, 2.24) is 10.3 Å². The number of aryl methyl sites for hydroxylation is 1. The Kier molecular flexibility index (Phi) is 4.59. The van der Waals surface area contributed by atoms with Gasteiger partial charge in [-0.1, -0.05) is 31.2 Å². The number of H-pyrrole nitrogens is 1. The third kappa shape index (κ3) is 3.88. The molecule has 1 aromatic heterocycles. The highest BCUT2D eigenvalue weighted by atomic mass is 32.2. The summed E-state index contributed by atoms with van der Waals surface area (Å²) in [5, 5.41) is 3.62. The molecule has 0 radical (unpaired) electrons. The summed E-state index contributed by atoms with van der Waals surface area (Å²) < 4.78 is 22.7. The fourth-order valence-electron chi connectivity index (χ4n) is 2.65. The smallest absolute Gasteiger partial charge is 0.261 e. The number of rotatable bonds is 4. The summed E-state index contributed by atoms with van der Waals surface area (Å²) in [6.45, 7) is 2.06. The van der Waals surface area contributed by atoms with Gasteiger partial charge in [0.05, 0.1) is 11.8 Å². The maximum absolute atomic E-state index is 12.2. The topological polar surface area (TPSA) is 96.1 Å². The molecule has 0 spiro atoms. The molecule has 0 bridgehead atoms. The molecule has 6 nitrogen and oxygen atoms in total. The quantitative estimate of drug-likeness (QED) is 0.868. The van der Waals surface area contributed by atoms with E-state index in [1.165, 1.54) is 17.7 Å². The molecule has 0 fully saturated rings. The van der Waals surface area contributed by atoms with Gasteiger partial charge in [-0.25, -0.2) is 8.42 Å². The zero-order valence-electron chi connectivity index (χ0n) is 13.7. The zero-order chi connectivity index (χ0) is 18.0. The largest absolute Gasteiger partial charge is 0.345 e. The highest BCUT2D eigenvalue weighted by Crippen LogP contribution is 2.17. The van der Waals surface area contributed by atoms with Crippen LogP contribution in [-0.4, -0.2) is 31.1 Å². The Morgan fingerprint density at radius 3 is 2.48 bits per heavy atom. The van der Waals surface area contributed by atoms with Crippen molar-refractivity contribution >= 4 is 15.7 Å². The number of nitrogens with one attached hydrogen (secondary N) is 2. The maximum atomic E-state index is 12.2. The Morgan fingerprint density at radius 1 is 1.20 bits per heavy atom. The first-order chi connectivity index (χ1) is 11.9. The van der Waals surface area contributed by atoms with E-state index >= 15 is 0 Å². The van der Waals surface area contributed by atoms with Gasteiger partial charge in [0.25, 0.3) is 11.5 Å². The van der Waals surface area contributed by atoms with Gasteiger partial charge >= 0.3 is 0 Å². The molecule has 7 heteroatoms. The van der Waals surface area contributed by atoms with Gasteiger partial charge in [-0.15, -0.1) is 0 Å². The minimum Gasteiger partial charge on any atom is -0.345 e. The fourth-order valence-corrected chi connectivity index (χ4v) is 3.89. The predicted molar refractivity (Wildman–Crippen MR) is 96.1 cm³/mol. The first kappa shape index (κ1) is 17.2. The molecule has 130 valence electrons. The van der Waals surface area contributed by atoms with Gasteiger partial charge in [-0.3, -0.25) is 9.59 Å². The van der Waals surface area contributed by atoms with E-state index in [0.29, 0.717) is 5.69 Å². The summed E-state index contributed by atoms with van der Waals surface area (Å²) in [7, 11) is -3.26. The first-order valence-corrected chi connectivity index (χ1v) is 9.64. The van der Waals surface area contributed by atoms with Gasteiger partial charge in [-0.05, 0) is 35.8 Å². The summed E-state index contributed by atoms with van der Waals surface area (Å²) in [6.07, 6.45) is 2.34. The van der Waals surface area contributed by atoms with Crippen LogP contribution < -0.4 is 10.9 Å². The average molecular weight is 358 g/mol. The summed E-state index contributed by atoms with van der Waals surface area (Å²) in [6, 6.07) is 10.3. The summed E-state index contributed by atoms with van der Waals surface area (Å²) in [4.78, 5) is 27.1. The van der Waals surface area contributed by atoms with E-state index in [-0.39, 0.29) is 11.3 Å². The molecule has 0 saturated heterocycles. The van der Waals surface area contributed by atoms with E-state index < -0.39 is 27.3 Å². The third-order valence-electron chi connectivity index (χ3n) is 4.07. The van der Waals surface area contributed by atoms with E-state index in [9.17, 15) is 18.0 Å². The van der Waals surface area contributed by atoms with Gasteiger partial charge in [0.15, 0.2) is 9.84 Å². The molecule has 2 heterocycles. The van der Waals surface area contributed by atoms with Crippen LogP contribution in [0.1, 0.15) is 22.8 Å². The second-order valence-electron chi connectivity index (χ2n) is 5.90. The minimum absolute atomic E-state index is 0.0494. The number of hydrogen-bond donors (Lipinski definition) is 2. The van der Waals surface area contributed by atoms with Crippen LogP contribution in [0.25, 0.3) is 11.3 Å². The summed E-state index contributed by atoms with van der Waals surface area (Å²) in [5.74, 6) is -0.778. The second-order valence-corrected chi connectivity index (χ2v) is 7.83. The van der Waals surface area contributed by atoms with Crippen LogP contribution in [0.15, 0.2) is 52.7 Å². The van der Waals surface area contributed by atoms with Crippen molar-refractivity contribution in [3.8, 4) is 11.3 Å². The van der Waals surface area contributed by atoms with Crippen LogP contribution in [0, 0.1) is 0 Å². The number of pyridine rings is 1. The predicted octanol–water partition coefficient (Wildman–Crippen LogP) is 1.64. The molecule has 3 rings (SSSR count). The molecular formula is C18H18N2O4S. The van der Waals surface area contributed by atoms with Gasteiger partial charge in [0.2, 0.25) is 0 Å². The van der Waals surface area contributed by atoms with Crippen molar-refractivity contribution in [2.45, 2.75) is 19.4 Å². The lowest BCUT2D eigenvalue weighted by Crippen LogP contribution is -2.38. The SMILES string of the molecule is CCc1ccc(-c2ccc(C(=O)N[C@@H]3C=CS(=O)(=O)C3)c(=O)[nH]2)cc1. The molecule has 1 aliphatic heterocycles. The molecule has 2 N–H and O–H groups in total. The Hall–Kier alpha value is -2.67. The molecule has 2 aromatic rings. The van der Waals surface area contributed by atoms with Crippen LogP contribution in [0.2, 0.25) is 0 Å². The number of aromatic amines is 1. The van der Waals surface area contributed by atoms with Gasteiger partial charge in [0, 0.05) is 11.1 Å². The van der Waals surface area contributed by atoms with E-state index in [1.54, 1.807) is 6.07 Å². The minimum atomic E-state index is -3.26. The van der Waals surface area contributed by atoms with Gasteiger partial charge in [-0.2, -0.15) is 0 Å². The molecule has 1 amide bonds. The Labute approximate surface area is 145 Å². The molecule has 1 atom stereocenters. The first-order valence-electron chi connectivity index (χ1n) is 7.92. The van der Waals surface area contributed by atoms with Crippen LogP contribution in [-0.2, 0) is 16.3 Å². The number of aromatic nitrogens is 1. The van der Waals surface area contributed by atoms with Crippen molar-refractivity contribution in [2.75, 3.05) is 5.75 Å². The lowest BCUT2D eigenvalue weighted by molar-refractivity contribution is 0.0946. The van der Waals surface area contributed by atoms with Crippen molar-refractivity contribution < 1.29 is 13.2 Å². The van der Waals surface area contributed by atoms with Crippen molar-refractivity contribution in [2.24, 2.45) is 0 Å². The second kappa shape index (κ2) is 6.68.